The smallest absolute Gasteiger partial charge is 0.168 e. The molecule has 0 aromatic heterocycles. The minimum Gasteiger partial charge on any atom is -0.329 e. The van der Waals surface area contributed by atoms with Gasteiger partial charge >= 0.3 is 0 Å². The van der Waals surface area contributed by atoms with E-state index in [1.54, 1.807) is 0 Å². The first-order valence-corrected chi connectivity index (χ1v) is 4.16. The summed E-state index contributed by atoms with van der Waals surface area (Å²) in [5.74, 6) is 0. The minimum atomic E-state index is 0.336. The molecule has 0 saturated heterocycles. The summed E-state index contributed by atoms with van der Waals surface area (Å²) in [6, 6.07) is 0.533. The summed E-state index contributed by atoms with van der Waals surface area (Å²) >= 11 is 2.30. The molecule has 1 aliphatic heterocycles. The minimum absolute atomic E-state index is 0.336. The lowest BCUT2D eigenvalue weighted by atomic mass is 10.4. The Balaban J connectivity index is 2.49. The molecular formula is C5H10IN3. The normalized spacial score (nSPS) is 25.3. The Kier molecular flexibility index (Phi) is 2.15. The Bertz CT molecular complexity index is 123. The van der Waals surface area contributed by atoms with Crippen LogP contribution in [0.3, 0.4) is 0 Å². The Morgan fingerprint density at radius 3 is 2.67 bits per heavy atom. The van der Waals surface area contributed by atoms with E-state index in [0.29, 0.717) is 10.2 Å². The zero-order chi connectivity index (χ0) is 6.85. The fourth-order valence-electron chi connectivity index (χ4n) is 0.682. The Hall–Kier alpha value is 0. The Morgan fingerprint density at radius 1 is 1.78 bits per heavy atom. The molecule has 1 N–H and O–H groups in total. The van der Waals surface area contributed by atoms with Crippen molar-refractivity contribution >= 4 is 28.9 Å². The molecule has 0 amide bonds. The molecule has 0 aromatic rings. The van der Waals surface area contributed by atoms with Crippen LogP contribution in [0.5, 0.6) is 0 Å². The maximum absolute atomic E-state index is 3.91. The summed E-state index contributed by atoms with van der Waals surface area (Å²) in [7, 11) is 0. The first-order valence-electron chi connectivity index (χ1n) is 2.92. The quantitative estimate of drug-likeness (QED) is 0.419. The highest BCUT2D eigenvalue weighted by Crippen LogP contribution is 2.10. The molecule has 1 unspecified atom stereocenters. The van der Waals surface area contributed by atoms with Gasteiger partial charge in [0.05, 0.1) is 0 Å². The number of nitrogens with zero attached hydrogens (tertiary/aromatic N) is 2. The first kappa shape index (κ1) is 7.11. The molecule has 1 aliphatic rings. The molecule has 0 aliphatic carbocycles. The highest BCUT2D eigenvalue weighted by molar-refractivity contribution is 14.1. The molecule has 0 bridgehead atoms. The van der Waals surface area contributed by atoms with Gasteiger partial charge in [-0.25, -0.2) is 0 Å². The van der Waals surface area contributed by atoms with E-state index in [1.165, 1.54) is 0 Å². The van der Waals surface area contributed by atoms with E-state index in [2.05, 4.69) is 51.9 Å². The third-order valence-corrected chi connectivity index (χ3v) is 2.15. The molecule has 1 heterocycles. The first-order chi connectivity index (χ1) is 4.22. The van der Waals surface area contributed by atoms with Crippen LogP contribution in [-0.2, 0) is 0 Å². The van der Waals surface area contributed by atoms with Gasteiger partial charge < -0.3 is 4.90 Å². The summed E-state index contributed by atoms with van der Waals surface area (Å²) in [6.45, 7) is 4.29. The van der Waals surface area contributed by atoms with Crippen LogP contribution in [0.4, 0.5) is 0 Å². The third-order valence-electron chi connectivity index (χ3n) is 1.23. The van der Waals surface area contributed by atoms with E-state index in [1.807, 2.05) is 6.34 Å². The van der Waals surface area contributed by atoms with Gasteiger partial charge in [-0.15, -0.1) is 0 Å². The van der Waals surface area contributed by atoms with Crippen molar-refractivity contribution in [2.24, 2.45) is 5.10 Å². The van der Waals surface area contributed by atoms with Crippen LogP contribution in [0, 0.1) is 0 Å². The second-order valence-electron chi connectivity index (χ2n) is 2.25. The maximum Gasteiger partial charge on any atom is 0.168 e. The van der Waals surface area contributed by atoms with Gasteiger partial charge in [0, 0.05) is 6.04 Å². The van der Waals surface area contributed by atoms with E-state index in [0.717, 1.165) is 0 Å². The molecule has 0 saturated carbocycles. The SMILES string of the molecule is CC(C)N1C=NNC1I. The summed E-state index contributed by atoms with van der Waals surface area (Å²) in [4.78, 5) is 2.15. The van der Waals surface area contributed by atoms with Gasteiger partial charge in [0.15, 0.2) is 4.17 Å². The molecule has 0 aromatic carbocycles. The highest BCUT2D eigenvalue weighted by Gasteiger charge is 2.17. The maximum atomic E-state index is 3.91. The van der Waals surface area contributed by atoms with Crippen LogP contribution in [0.15, 0.2) is 5.10 Å². The van der Waals surface area contributed by atoms with Gasteiger partial charge in [-0.2, -0.15) is 5.10 Å². The second kappa shape index (κ2) is 2.72. The zero-order valence-corrected chi connectivity index (χ0v) is 7.66. The topological polar surface area (TPSA) is 27.6 Å². The van der Waals surface area contributed by atoms with E-state index >= 15 is 0 Å². The van der Waals surface area contributed by atoms with Crippen LogP contribution >= 0.6 is 22.6 Å². The lowest BCUT2D eigenvalue weighted by molar-refractivity contribution is 0.350. The number of halogens is 1. The monoisotopic (exact) mass is 239 g/mol. The van der Waals surface area contributed by atoms with Gasteiger partial charge in [-0.1, -0.05) is 0 Å². The molecule has 1 rings (SSSR count). The van der Waals surface area contributed by atoms with Crippen LogP contribution in [0.2, 0.25) is 0 Å². The van der Waals surface area contributed by atoms with Crippen molar-refractivity contribution in [3.63, 3.8) is 0 Å². The standard InChI is InChI=1S/C5H10IN3/c1-4(2)9-3-7-8-5(9)6/h3-5,8H,1-2H3. The molecule has 52 valence electrons. The predicted molar refractivity (Wildman–Crippen MR) is 46.4 cm³/mol. The van der Waals surface area contributed by atoms with E-state index < -0.39 is 0 Å². The largest absolute Gasteiger partial charge is 0.329 e. The van der Waals surface area contributed by atoms with Crippen LogP contribution in [0.1, 0.15) is 13.8 Å². The van der Waals surface area contributed by atoms with Gasteiger partial charge in [0.2, 0.25) is 0 Å². The molecule has 0 fully saturated rings. The number of hydrazone groups is 1. The highest BCUT2D eigenvalue weighted by atomic mass is 127. The Labute approximate surface area is 68.6 Å². The number of hydrogen-bond acceptors (Lipinski definition) is 3. The van der Waals surface area contributed by atoms with Gasteiger partial charge in [-0.3, -0.25) is 5.43 Å². The average Bonchev–Trinajstić information content (AvgIpc) is 2.13. The summed E-state index contributed by atoms with van der Waals surface area (Å²) in [5, 5.41) is 3.91. The molecule has 4 heteroatoms. The zero-order valence-electron chi connectivity index (χ0n) is 5.50. The van der Waals surface area contributed by atoms with E-state index in [-0.39, 0.29) is 0 Å². The fraction of sp³-hybridized carbons (Fsp3) is 0.800. The number of rotatable bonds is 1. The number of nitrogens with one attached hydrogen (secondary N) is 1. The third kappa shape index (κ3) is 1.47. The fourth-order valence-corrected chi connectivity index (χ4v) is 1.63. The van der Waals surface area contributed by atoms with Crippen LogP contribution < -0.4 is 5.43 Å². The number of alkyl halides is 1. The predicted octanol–water partition coefficient (Wildman–Crippen LogP) is 0.962. The van der Waals surface area contributed by atoms with E-state index in [9.17, 15) is 0 Å². The average molecular weight is 239 g/mol. The summed E-state index contributed by atoms with van der Waals surface area (Å²) in [5.41, 5.74) is 2.93. The molecule has 3 nitrogen and oxygen atoms in total. The van der Waals surface area contributed by atoms with Crippen molar-refractivity contribution in [2.45, 2.75) is 24.1 Å². The van der Waals surface area contributed by atoms with Crippen molar-refractivity contribution in [1.82, 2.24) is 10.3 Å². The van der Waals surface area contributed by atoms with Crippen LogP contribution in [-0.4, -0.2) is 21.5 Å². The van der Waals surface area contributed by atoms with E-state index in [4.69, 9.17) is 0 Å². The lowest BCUT2D eigenvalue weighted by Gasteiger charge is -2.22. The van der Waals surface area contributed by atoms with Crippen molar-refractivity contribution in [3.8, 4) is 0 Å². The molecule has 0 spiro atoms. The van der Waals surface area contributed by atoms with Crippen LogP contribution in [0.25, 0.3) is 0 Å². The molecule has 9 heavy (non-hydrogen) atoms. The molecule has 0 radical (unpaired) electrons. The second-order valence-corrected chi connectivity index (χ2v) is 3.43. The van der Waals surface area contributed by atoms with Crippen molar-refractivity contribution in [2.75, 3.05) is 0 Å². The molecular weight excluding hydrogens is 229 g/mol. The van der Waals surface area contributed by atoms with Crippen molar-refractivity contribution in [3.05, 3.63) is 0 Å². The van der Waals surface area contributed by atoms with Crippen molar-refractivity contribution < 1.29 is 0 Å². The van der Waals surface area contributed by atoms with Gasteiger partial charge in [0.1, 0.15) is 6.34 Å². The lowest BCUT2D eigenvalue weighted by Crippen LogP contribution is -2.36. The molecule has 1 atom stereocenters. The summed E-state index contributed by atoms with van der Waals surface area (Å²) < 4.78 is 0.336. The van der Waals surface area contributed by atoms with Gasteiger partial charge in [0.25, 0.3) is 0 Å². The van der Waals surface area contributed by atoms with Gasteiger partial charge in [-0.05, 0) is 36.4 Å². The van der Waals surface area contributed by atoms with Crippen molar-refractivity contribution in [1.29, 1.82) is 0 Å². The number of hydrogen-bond donors (Lipinski definition) is 1. The Morgan fingerprint density at radius 2 is 2.44 bits per heavy atom. The summed E-state index contributed by atoms with van der Waals surface area (Å²) in [6.07, 6.45) is 1.84.